The van der Waals surface area contributed by atoms with Crippen LogP contribution >= 0.6 is 11.3 Å². The molecule has 3 N–H and O–H groups in total. The summed E-state index contributed by atoms with van der Waals surface area (Å²) in [5, 5.41) is 1.01. The van der Waals surface area contributed by atoms with Gasteiger partial charge in [0, 0.05) is 56.9 Å². The van der Waals surface area contributed by atoms with E-state index in [4.69, 9.17) is 10.5 Å². The molecule has 2 aliphatic heterocycles. The lowest BCUT2D eigenvalue weighted by atomic mass is 9.95. The van der Waals surface area contributed by atoms with E-state index in [0.717, 1.165) is 84.8 Å². The second-order valence-corrected chi connectivity index (χ2v) is 14.5. The summed E-state index contributed by atoms with van der Waals surface area (Å²) in [6.45, 7) is 10.3. The van der Waals surface area contributed by atoms with E-state index in [1.54, 1.807) is 11.3 Å². The molecule has 0 spiro atoms. The summed E-state index contributed by atoms with van der Waals surface area (Å²) in [6.07, 6.45) is 3.80. The molecule has 2 saturated heterocycles. The third kappa shape index (κ3) is 7.22. The SMILES string of the molecule is CCCCOc1nc(N)c2[nH]c(=O)n(Cc3ccc(C(=O)N4CCN(CC5CCN(C(=O)c6ccc7nc(C)sc7c6)CC5)CC4)cc3)c2n1. The van der Waals surface area contributed by atoms with Gasteiger partial charge in [-0.25, -0.2) is 9.78 Å². The smallest absolute Gasteiger partial charge is 0.328 e. The Morgan fingerprint density at radius 1 is 0.940 bits per heavy atom. The number of anilines is 1. The van der Waals surface area contributed by atoms with Crippen LogP contribution in [0.5, 0.6) is 6.01 Å². The van der Waals surface area contributed by atoms with Crippen molar-refractivity contribution in [2.75, 3.05) is 58.2 Å². The number of aryl methyl sites for hydroxylation is 1. The van der Waals surface area contributed by atoms with Crippen molar-refractivity contribution in [1.82, 2.24) is 39.2 Å². The summed E-state index contributed by atoms with van der Waals surface area (Å²) >= 11 is 1.62. The van der Waals surface area contributed by atoms with Crippen LogP contribution in [0.2, 0.25) is 0 Å². The van der Waals surface area contributed by atoms with Crippen LogP contribution in [0.4, 0.5) is 5.82 Å². The second-order valence-electron chi connectivity index (χ2n) is 13.2. The fourth-order valence-corrected chi connectivity index (χ4v) is 7.71. The number of aromatic nitrogens is 5. The molecule has 0 unspecified atom stereocenters. The van der Waals surface area contributed by atoms with E-state index < -0.39 is 0 Å². The maximum absolute atomic E-state index is 13.4. The molecule has 0 radical (unpaired) electrons. The van der Waals surface area contributed by atoms with E-state index in [2.05, 4.69) is 31.8 Å². The molecule has 0 saturated carbocycles. The Hall–Kier alpha value is -4.82. The predicted molar refractivity (Wildman–Crippen MR) is 194 cm³/mol. The van der Waals surface area contributed by atoms with Crippen molar-refractivity contribution in [3.8, 4) is 6.01 Å². The van der Waals surface area contributed by atoms with Crippen LogP contribution in [-0.4, -0.2) is 103 Å². The van der Waals surface area contributed by atoms with Crippen molar-refractivity contribution < 1.29 is 14.3 Å². The molecule has 14 heteroatoms. The van der Waals surface area contributed by atoms with Gasteiger partial charge in [-0.3, -0.25) is 19.1 Å². The number of amides is 2. The molecule has 2 aromatic carbocycles. The number of piperidine rings is 1. The summed E-state index contributed by atoms with van der Waals surface area (Å²) in [4.78, 5) is 61.6. The zero-order valence-corrected chi connectivity index (χ0v) is 29.4. The van der Waals surface area contributed by atoms with Crippen molar-refractivity contribution in [1.29, 1.82) is 0 Å². The molecule has 7 rings (SSSR count). The molecule has 2 aliphatic rings. The van der Waals surface area contributed by atoms with Crippen molar-refractivity contribution in [2.24, 2.45) is 5.92 Å². The van der Waals surface area contributed by atoms with Gasteiger partial charge in [0.05, 0.1) is 28.4 Å². The number of fused-ring (bicyclic) bond motifs is 2. The van der Waals surface area contributed by atoms with Crippen LogP contribution in [0.25, 0.3) is 21.4 Å². The van der Waals surface area contributed by atoms with E-state index in [-0.39, 0.29) is 35.9 Å². The summed E-state index contributed by atoms with van der Waals surface area (Å²) in [6, 6.07) is 13.3. The van der Waals surface area contributed by atoms with E-state index in [1.165, 1.54) is 4.57 Å². The first-order valence-corrected chi connectivity index (χ1v) is 18.2. The number of unbranched alkanes of at least 4 members (excludes halogenated alkanes) is 1. The van der Waals surface area contributed by atoms with E-state index >= 15 is 0 Å². The van der Waals surface area contributed by atoms with Crippen LogP contribution in [0.3, 0.4) is 0 Å². The second kappa shape index (κ2) is 14.6. The standard InChI is InChI=1S/C36H43N9O4S/c1-3-4-19-49-35-40-31(37)30-32(41-35)45(36(48)39-30)22-24-5-7-26(8-6-24)33(46)44-17-15-42(16-18-44)21-25-11-13-43(14-12-25)34(47)27-9-10-28-29(20-27)50-23(2)38-28/h5-10,20,25H,3-4,11-19,21-22H2,1-2H3,(H,39,48)(H2,37,40,41). The summed E-state index contributed by atoms with van der Waals surface area (Å²) < 4.78 is 8.20. The number of aromatic amines is 1. The first-order chi connectivity index (χ1) is 24.2. The minimum absolute atomic E-state index is 0.00773. The molecule has 262 valence electrons. The van der Waals surface area contributed by atoms with Crippen LogP contribution in [0.1, 0.15) is 63.9 Å². The minimum atomic E-state index is -0.344. The molecule has 2 amide bonds. The number of rotatable bonds is 10. The Kier molecular flexibility index (Phi) is 9.81. The normalized spacial score (nSPS) is 16.0. The Labute approximate surface area is 294 Å². The molecule has 5 heterocycles. The Morgan fingerprint density at radius 2 is 1.64 bits per heavy atom. The van der Waals surface area contributed by atoms with Crippen molar-refractivity contribution in [2.45, 2.75) is 46.1 Å². The lowest BCUT2D eigenvalue weighted by Crippen LogP contribution is -2.50. The van der Waals surface area contributed by atoms with Gasteiger partial charge in [0.1, 0.15) is 5.52 Å². The van der Waals surface area contributed by atoms with Crippen LogP contribution < -0.4 is 16.2 Å². The Balaban J connectivity index is 0.889. The third-order valence-corrected chi connectivity index (χ3v) is 10.7. The van der Waals surface area contributed by atoms with Gasteiger partial charge in [0.15, 0.2) is 11.5 Å². The highest BCUT2D eigenvalue weighted by Gasteiger charge is 2.28. The number of nitrogens with two attached hydrogens (primary N) is 1. The minimum Gasteiger partial charge on any atom is -0.463 e. The number of nitrogens with zero attached hydrogens (tertiary/aromatic N) is 7. The maximum Gasteiger partial charge on any atom is 0.328 e. The predicted octanol–water partition coefficient (Wildman–Crippen LogP) is 4.16. The highest BCUT2D eigenvalue weighted by molar-refractivity contribution is 7.18. The Morgan fingerprint density at radius 3 is 2.38 bits per heavy atom. The number of nitrogen functional groups attached to an aromatic ring is 1. The third-order valence-electron chi connectivity index (χ3n) is 9.72. The number of carbonyl (C=O) groups excluding carboxylic acids is 2. The van der Waals surface area contributed by atoms with Gasteiger partial charge in [0.2, 0.25) is 0 Å². The molecule has 2 fully saturated rings. The number of benzene rings is 2. The van der Waals surface area contributed by atoms with Gasteiger partial charge in [-0.15, -0.1) is 11.3 Å². The van der Waals surface area contributed by atoms with Crippen molar-refractivity contribution in [3.63, 3.8) is 0 Å². The number of ether oxygens (including phenoxy) is 1. The number of H-pyrrole nitrogens is 1. The molecule has 0 atom stereocenters. The highest BCUT2D eigenvalue weighted by Crippen LogP contribution is 2.26. The van der Waals surface area contributed by atoms with Gasteiger partial charge in [-0.1, -0.05) is 25.5 Å². The van der Waals surface area contributed by atoms with E-state index in [0.29, 0.717) is 42.3 Å². The van der Waals surface area contributed by atoms with Crippen molar-refractivity contribution >= 4 is 50.3 Å². The highest BCUT2D eigenvalue weighted by atomic mass is 32.1. The van der Waals surface area contributed by atoms with Gasteiger partial charge < -0.3 is 25.3 Å². The van der Waals surface area contributed by atoms with Gasteiger partial charge in [0.25, 0.3) is 11.8 Å². The number of carbonyl (C=O) groups is 2. The molecule has 0 aliphatic carbocycles. The Bertz CT molecular complexity index is 2060. The number of hydrogen-bond donors (Lipinski definition) is 2. The van der Waals surface area contributed by atoms with Gasteiger partial charge in [-0.2, -0.15) is 9.97 Å². The van der Waals surface area contributed by atoms with E-state index in [1.807, 2.05) is 59.2 Å². The summed E-state index contributed by atoms with van der Waals surface area (Å²) in [5.74, 6) is 0.804. The molecule has 50 heavy (non-hydrogen) atoms. The monoisotopic (exact) mass is 697 g/mol. The average molecular weight is 698 g/mol. The van der Waals surface area contributed by atoms with Crippen LogP contribution in [0, 0.1) is 12.8 Å². The summed E-state index contributed by atoms with van der Waals surface area (Å²) in [7, 11) is 0. The zero-order chi connectivity index (χ0) is 34.8. The number of nitrogens with one attached hydrogen (secondary N) is 1. The van der Waals surface area contributed by atoms with Gasteiger partial charge in [-0.05, 0) is 68.0 Å². The van der Waals surface area contributed by atoms with Crippen LogP contribution in [0.15, 0.2) is 47.3 Å². The zero-order valence-electron chi connectivity index (χ0n) is 28.6. The average Bonchev–Trinajstić information content (AvgIpc) is 3.66. The van der Waals surface area contributed by atoms with Crippen LogP contribution in [-0.2, 0) is 6.54 Å². The molecule has 0 bridgehead atoms. The number of hydrogen-bond acceptors (Lipinski definition) is 10. The summed E-state index contributed by atoms with van der Waals surface area (Å²) in [5.41, 5.74) is 9.66. The maximum atomic E-state index is 13.4. The fourth-order valence-electron chi connectivity index (χ4n) is 6.84. The lowest BCUT2D eigenvalue weighted by Gasteiger charge is -2.39. The van der Waals surface area contributed by atoms with Gasteiger partial charge >= 0.3 is 11.7 Å². The number of piperazine rings is 1. The topological polar surface area (TPSA) is 156 Å². The lowest BCUT2D eigenvalue weighted by molar-refractivity contribution is 0.0561. The number of imidazole rings is 1. The molecule has 3 aromatic heterocycles. The molecule has 13 nitrogen and oxygen atoms in total. The largest absolute Gasteiger partial charge is 0.463 e. The first-order valence-electron chi connectivity index (χ1n) is 17.4. The first kappa shape index (κ1) is 33.7. The van der Waals surface area contributed by atoms with E-state index in [9.17, 15) is 14.4 Å². The van der Waals surface area contributed by atoms with Crippen molar-refractivity contribution in [3.05, 3.63) is 74.6 Å². The molecule has 5 aromatic rings. The molecular weight excluding hydrogens is 655 g/mol. The number of likely N-dealkylation sites (tertiary alicyclic amines) is 1. The quantitative estimate of drug-likeness (QED) is 0.205. The fraction of sp³-hybridized carbons (Fsp3) is 0.444. The molecular formula is C36H43N9O4S. The number of thiazole rings is 1.